The van der Waals surface area contributed by atoms with Gasteiger partial charge in [-0.3, -0.25) is 19.2 Å². The minimum atomic E-state index is 0.0494. The molecule has 2 aromatic carbocycles. The summed E-state index contributed by atoms with van der Waals surface area (Å²) < 4.78 is 1.67. The van der Waals surface area contributed by atoms with Crippen molar-refractivity contribution in [1.82, 2.24) is 29.5 Å². The minimum absolute atomic E-state index is 0.0494. The number of nitrogens with zero attached hydrogens (tertiary/aromatic N) is 6. The molecule has 0 atom stereocenters. The van der Waals surface area contributed by atoms with Crippen LogP contribution in [0.15, 0.2) is 78.9 Å². The highest BCUT2D eigenvalue weighted by Gasteiger charge is 2.31. The van der Waals surface area contributed by atoms with Gasteiger partial charge in [-0.2, -0.15) is 5.10 Å². The third-order valence-corrected chi connectivity index (χ3v) is 8.30. The van der Waals surface area contributed by atoms with Crippen LogP contribution in [0.4, 0.5) is 0 Å². The summed E-state index contributed by atoms with van der Waals surface area (Å²) in [4.78, 5) is 38.1. The molecule has 41 heavy (non-hydrogen) atoms. The fraction of sp³-hybridized carbons (Fsp3) is 0.333. The molecule has 0 aliphatic carbocycles. The number of aromatic nitrogens is 3. The second-order valence-corrected chi connectivity index (χ2v) is 11.0. The summed E-state index contributed by atoms with van der Waals surface area (Å²) >= 11 is 0. The first-order chi connectivity index (χ1) is 20.0. The third-order valence-electron chi connectivity index (χ3n) is 8.30. The van der Waals surface area contributed by atoms with E-state index in [9.17, 15) is 9.59 Å². The summed E-state index contributed by atoms with van der Waals surface area (Å²) in [6.07, 6.45) is 1.89. The molecular weight excluding hydrogens is 512 g/mol. The van der Waals surface area contributed by atoms with Gasteiger partial charge in [0.2, 0.25) is 0 Å². The van der Waals surface area contributed by atoms with Crippen molar-refractivity contribution in [3.05, 3.63) is 95.8 Å². The van der Waals surface area contributed by atoms with E-state index < -0.39 is 0 Å². The molecule has 2 amide bonds. The van der Waals surface area contributed by atoms with Crippen LogP contribution >= 0.6 is 0 Å². The molecule has 2 saturated heterocycles. The van der Waals surface area contributed by atoms with Crippen LogP contribution in [-0.4, -0.2) is 86.6 Å². The second-order valence-electron chi connectivity index (χ2n) is 11.0. The van der Waals surface area contributed by atoms with Crippen LogP contribution in [-0.2, 0) is 7.05 Å². The fourth-order valence-corrected chi connectivity index (χ4v) is 6.05. The van der Waals surface area contributed by atoms with E-state index in [2.05, 4.69) is 10.00 Å². The Labute approximate surface area is 241 Å². The lowest BCUT2D eigenvalue weighted by Crippen LogP contribution is -2.54. The van der Waals surface area contributed by atoms with Gasteiger partial charge in [-0.1, -0.05) is 60.7 Å². The molecule has 0 N–H and O–H groups in total. The zero-order valence-corrected chi connectivity index (χ0v) is 23.7. The number of hydrogen-bond donors (Lipinski definition) is 0. The van der Waals surface area contributed by atoms with Gasteiger partial charge in [0.15, 0.2) is 0 Å². The summed E-state index contributed by atoms with van der Waals surface area (Å²) in [6.45, 7) is 6.46. The molecule has 2 aromatic heterocycles. The summed E-state index contributed by atoms with van der Waals surface area (Å²) in [5, 5.41) is 4.32. The van der Waals surface area contributed by atoms with Gasteiger partial charge in [-0.15, -0.1) is 0 Å². The van der Waals surface area contributed by atoms with Crippen molar-refractivity contribution in [3.63, 3.8) is 0 Å². The summed E-state index contributed by atoms with van der Waals surface area (Å²) in [5.74, 6) is 0.109. The number of piperazine rings is 1. The number of pyridine rings is 1. The summed E-state index contributed by atoms with van der Waals surface area (Å²) in [6, 6.07) is 26.2. The topological polar surface area (TPSA) is 74.6 Å². The van der Waals surface area contributed by atoms with Crippen LogP contribution in [0, 0.1) is 6.92 Å². The highest BCUT2D eigenvalue weighted by Crippen LogP contribution is 2.26. The SMILES string of the molecule is Cc1cc(C(=O)N2CCC(N3CCN(C(=O)c4cc(-c5ccccc5)nc(-c5ccccc5)c4)CC3)CC2)n(C)n1. The molecule has 0 bridgehead atoms. The first kappa shape index (κ1) is 26.9. The van der Waals surface area contributed by atoms with E-state index in [0.29, 0.717) is 30.4 Å². The smallest absolute Gasteiger partial charge is 0.272 e. The molecule has 8 heteroatoms. The Balaban J connectivity index is 1.11. The molecule has 6 rings (SSSR count). The highest BCUT2D eigenvalue weighted by atomic mass is 16.2. The third kappa shape index (κ3) is 5.79. The number of hydrogen-bond acceptors (Lipinski definition) is 5. The maximum absolute atomic E-state index is 13.8. The number of carbonyl (C=O) groups excluding carboxylic acids is 2. The Kier molecular flexibility index (Phi) is 7.65. The average Bonchev–Trinajstić information content (AvgIpc) is 3.38. The molecule has 4 heterocycles. The van der Waals surface area contributed by atoms with Crippen molar-refractivity contribution < 1.29 is 9.59 Å². The number of piperidine rings is 1. The first-order valence-electron chi connectivity index (χ1n) is 14.4. The van der Waals surface area contributed by atoms with Crippen molar-refractivity contribution in [2.45, 2.75) is 25.8 Å². The highest BCUT2D eigenvalue weighted by molar-refractivity contribution is 5.96. The maximum atomic E-state index is 13.8. The lowest BCUT2D eigenvalue weighted by molar-refractivity contribution is 0.0408. The molecule has 2 aliphatic rings. The van der Waals surface area contributed by atoms with Gasteiger partial charge in [0, 0.05) is 69.0 Å². The van der Waals surface area contributed by atoms with E-state index in [0.717, 1.165) is 67.2 Å². The van der Waals surface area contributed by atoms with Crippen LogP contribution in [0.3, 0.4) is 0 Å². The van der Waals surface area contributed by atoms with Crippen molar-refractivity contribution in [1.29, 1.82) is 0 Å². The van der Waals surface area contributed by atoms with E-state index in [1.165, 1.54) is 0 Å². The molecule has 0 unspecified atom stereocenters. The van der Waals surface area contributed by atoms with Crippen LogP contribution in [0.1, 0.15) is 39.4 Å². The number of carbonyl (C=O) groups is 2. The molecule has 210 valence electrons. The maximum Gasteiger partial charge on any atom is 0.272 e. The van der Waals surface area contributed by atoms with Gasteiger partial charge in [0.25, 0.3) is 11.8 Å². The summed E-state index contributed by atoms with van der Waals surface area (Å²) in [7, 11) is 1.82. The zero-order valence-electron chi connectivity index (χ0n) is 23.7. The molecule has 2 aliphatic heterocycles. The lowest BCUT2D eigenvalue weighted by Gasteiger charge is -2.42. The van der Waals surface area contributed by atoms with Gasteiger partial charge in [-0.25, -0.2) is 4.98 Å². The van der Waals surface area contributed by atoms with Crippen LogP contribution < -0.4 is 0 Å². The Bertz CT molecular complexity index is 1460. The van der Waals surface area contributed by atoms with Crippen LogP contribution in [0.25, 0.3) is 22.5 Å². The van der Waals surface area contributed by atoms with E-state index in [-0.39, 0.29) is 11.8 Å². The quantitative estimate of drug-likeness (QED) is 0.367. The zero-order chi connectivity index (χ0) is 28.3. The van der Waals surface area contributed by atoms with Crippen molar-refractivity contribution >= 4 is 11.8 Å². The van der Waals surface area contributed by atoms with Crippen LogP contribution in [0.2, 0.25) is 0 Å². The Morgan fingerprint density at radius 2 is 1.24 bits per heavy atom. The predicted molar refractivity (Wildman–Crippen MR) is 159 cm³/mol. The normalized spacial score (nSPS) is 16.6. The summed E-state index contributed by atoms with van der Waals surface area (Å²) in [5.41, 5.74) is 5.77. The van der Waals surface area contributed by atoms with E-state index in [1.807, 2.05) is 103 Å². The van der Waals surface area contributed by atoms with Crippen LogP contribution in [0.5, 0.6) is 0 Å². The standard InChI is InChI=1S/C33H36N6O2/c1-24-21-31(36(2)35-24)33(41)38-15-13-28(14-16-38)37-17-19-39(20-18-37)32(40)27-22-29(25-9-5-3-6-10-25)34-30(23-27)26-11-7-4-8-12-26/h3-12,21-23,28H,13-20H2,1-2H3. The molecule has 8 nitrogen and oxygen atoms in total. The largest absolute Gasteiger partial charge is 0.337 e. The molecule has 0 saturated carbocycles. The minimum Gasteiger partial charge on any atom is -0.337 e. The fourth-order valence-electron chi connectivity index (χ4n) is 6.05. The van der Waals surface area contributed by atoms with Crippen molar-refractivity contribution in [3.8, 4) is 22.5 Å². The Morgan fingerprint density at radius 3 is 1.76 bits per heavy atom. The van der Waals surface area contributed by atoms with Crippen molar-refractivity contribution in [2.75, 3.05) is 39.3 Å². The van der Waals surface area contributed by atoms with Gasteiger partial charge >= 0.3 is 0 Å². The predicted octanol–water partition coefficient (Wildman–Crippen LogP) is 4.52. The van der Waals surface area contributed by atoms with Crippen molar-refractivity contribution in [2.24, 2.45) is 7.05 Å². The number of benzene rings is 2. The molecular formula is C33H36N6O2. The van der Waals surface area contributed by atoms with E-state index in [1.54, 1.807) is 4.68 Å². The molecule has 2 fully saturated rings. The van der Waals surface area contributed by atoms with Gasteiger partial charge < -0.3 is 9.80 Å². The number of likely N-dealkylation sites (tertiary alicyclic amines) is 1. The van der Waals surface area contributed by atoms with E-state index >= 15 is 0 Å². The van der Waals surface area contributed by atoms with E-state index in [4.69, 9.17) is 4.98 Å². The lowest BCUT2D eigenvalue weighted by atomic mass is 10.0. The monoisotopic (exact) mass is 548 g/mol. The Morgan fingerprint density at radius 1 is 0.707 bits per heavy atom. The molecule has 0 spiro atoms. The molecule has 0 radical (unpaired) electrons. The number of rotatable bonds is 5. The number of aryl methyl sites for hydroxylation is 2. The second kappa shape index (κ2) is 11.7. The van der Waals surface area contributed by atoms with Gasteiger partial charge in [-0.05, 0) is 38.0 Å². The molecule has 4 aromatic rings. The first-order valence-corrected chi connectivity index (χ1v) is 14.4. The van der Waals surface area contributed by atoms with Gasteiger partial charge in [0.05, 0.1) is 17.1 Å². The van der Waals surface area contributed by atoms with Gasteiger partial charge in [0.1, 0.15) is 5.69 Å². The number of amides is 2. The Hall–Kier alpha value is -4.30. The average molecular weight is 549 g/mol.